The lowest BCUT2D eigenvalue weighted by Gasteiger charge is -2.27. The molecule has 0 aliphatic carbocycles. The summed E-state index contributed by atoms with van der Waals surface area (Å²) in [6.07, 6.45) is 0. The first-order chi connectivity index (χ1) is 8.56. The molecule has 1 aromatic carbocycles. The Bertz CT molecular complexity index is 409. The molecule has 0 aromatic heterocycles. The van der Waals surface area contributed by atoms with Crippen LogP contribution in [0.15, 0.2) is 24.3 Å². The van der Waals surface area contributed by atoms with Gasteiger partial charge in [-0.1, -0.05) is 26.0 Å². The average molecular weight is 246 g/mol. The molecular formula is C15H22N2O. The van der Waals surface area contributed by atoms with Gasteiger partial charge in [0.1, 0.15) is 18.4 Å². The van der Waals surface area contributed by atoms with E-state index in [4.69, 9.17) is 10.00 Å². The lowest BCUT2D eigenvalue weighted by molar-refractivity contribution is 0.170. The molecule has 0 aliphatic rings. The van der Waals surface area contributed by atoms with Crippen LogP contribution in [0.5, 0.6) is 5.75 Å². The Kier molecular flexibility index (Phi) is 5.67. The van der Waals surface area contributed by atoms with Crippen molar-refractivity contribution >= 4 is 0 Å². The van der Waals surface area contributed by atoms with Crippen LogP contribution in [-0.4, -0.2) is 31.1 Å². The topological polar surface area (TPSA) is 36.3 Å². The van der Waals surface area contributed by atoms with Gasteiger partial charge in [0.2, 0.25) is 0 Å². The van der Waals surface area contributed by atoms with E-state index in [-0.39, 0.29) is 0 Å². The Hall–Kier alpha value is -1.53. The van der Waals surface area contributed by atoms with E-state index >= 15 is 0 Å². The average Bonchev–Trinajstić information content (AvgIpc) is 2.38. The number of benzene rings is 1. The van der Waals surface area contributed by atoms with Crippen LogP contribution in [-0.2, 0) is 0 Å². The molecule has 0 heterocycles. The second-order valence-corrected chi connectivity index (χ2v) is 4.92. The Morgan fingerprint density at radius 1 is 1.28 bits per heavy atom. The van der Waals surface area contributed by atoms with Gasteiger partial charge in [0, 0.05) is 12.6 Å². The fourth-order valence-corrected chi connectivity index (χ4v) is 1.70. The van der Waals surface area contributed by atoms with Crippen molar-refractivity contribution in [1.82, 2.24) is 4.90 Å². The molecule has 1 atom stereocenters. The van der Waals surface area contributed by atoms with Gasteiger partial charge in [-0.15, -0.1) is 0 Å². The van der Waals surface area contributed by atoms with Gasteiger partial charge in [0.05, 0.1) is 5.56 Å². The van der Waals surface area contributed by atoms with Crippen molar-refractivity contribution in [3.63, 3.8) is 0 Å². The number of likely N-dealkylation sites (N-methyl/N-ethyl adjacent to an activating group) is 1. The molecule has 0 radical (unpaired) electrons. The molecule has 0 N–H and O–H groups in total. The summed E-state index contributed by atoms with van der Waals surface area (Å²) in [7, 11) is 2.10. The zero-order chi connectivity index (χ0) is 13.5. The second kappa shape index (κ2) is 7.03. The van der Waals surface area contributed by atoms with Crippen LogP contribution < -0.4 is 4.74 Å². The van der Waals surface area contributed by atoms with Gasteiger partial charge < -0.3 is 9.64 Å². The first-order valence-corrected chi connectivity index (χ1v) is 6.38. The lowest BCUT2D eigenvalue weighted by Crippen LogP contribution is -2.36. The van der Waals surface area contributed by atoms with E-state index in [0.29, 0.717) is 29.9 Å². The Balaban J connectivity index is 2.45. The molecule has 0 saturated heterocycles. The van der Waals surface area contributed by atoms with Crippen LogP contribution in [0.3, 0.4) is 0 Å². The van der Waals surface area contributed by atoms with E-state index in [1.54, 1.807) is 6.07 Å². The van der Waals surface area contributed by atoms with Gasteiger partial charge in [-0.25, -0.2) is 0 Å². The number of nitrogens with zero attached hydrogens (tertiary/aromatic N) is 2. The van der Waals surface area contributed by atoms with Crippen molar-refractivity contribution in [2.75, 3.05) is 20.2 Å². The van der Waals surface area contributed by atoms with Crippen LogP contribution in [0.2, 0.25) is 0 Å². The lowest BCUT2D eigenvalue weighted by atomic mass is 10.1. The number of ether oxygens (including phenoxy) is 1. The second-order valence-electron chi connectivity index (χ2n) is 4.92. The molecule has 3 nitrogen and oxygen atoms in total. The minimum atomic E-state index is 0.528. The maximum Gasteiger partial charge on any atom is 0.137 e. The summed E-state index contributed by atoms with van der Waals surface area (Å²) in [6.45, 7) is 8.11. The number of para-hydroxylation sites is 1. The van der Waals surface area contributed by atoms with E-state index in [9.17, 15) is 0 Å². The minimum absolute atomic E-state index is 0.528. The molecule has 0 fully saturated rings. The van der Waals surface area contributed by atoms with Crippen LogP contribution in [0.1, 0.15) is 26.3 Å². The molecular weight excluding hydrogens is 224 g/mol. The molecule has 0 saturated carbocycles. The van der Waals surface area contributed by atoms with Crippen LogP contribution in [0.4, 0.5) is 0 Å². The van der Waals surface area contributed by atoms with E-state index in [1.165, 1.54) is 0 Å². The fraction of sp³-hybridized carbons (Fsp3) is 0.533. The smallest absolute Gasteiger partial charge is 0.137 e. The Morgan fingerprint density at radius 2 is 1.94 bits per heavy atom. The minimum Gasteiger partial charge on any atom is -0.491 e. The van der Waals surface area contributed by atoms with E-state index < -0.39 is 0 Å². The van der Waals surface area contributed by atoms with Gasteiger partial charge in [-0.2, -0.15) is 5.26 Å². The Labute approximate surface area is 110 Å². The number of hydrogen-bond acceptors (Lipinski definition) is 3. The molecule has 0 aliphatic heterocycles. The van der Waals surface area contributed by atoms with E-state index in [2.05, 4.69) is 38.8 Å². The van der Waals surface area contributed by atoms with Crippen molar-refractivity contribution in [1.29, 1.82) is 5.26 Å². The van der Waals surface area contributed by atoms with Gasteiger partial charge >= 0.3 is 0 Å². The first-order valence-electron chi connectivity index (χ1n) is 6.38. The summed E-state index contributed by atoms with van der Waals surface area (Å²) >= 11 is 0. The molecule has 1 aromatic rings. The van der Waals surface area contributed by atoms with Gasteiger partial charge in [-0.3, -0.25) is 0 Å². The number of hydrogen-bond donors (Lipinski definition) is 0. The number of rotatable bonds is 6. The highest BCUT2D eigenvalue weighted by Crippen LogP contribution is 2.16. The van der Waals surface area contributed by atoms with Crippen molar-refractivity contribution in [3.05, 3.63) is 29.8 Å². The summed E-state index contributed by atoms with van der Waals surface area (Å²) < 4.78 is 5.66. The largest absolute Gasteiger partial charge is 0.491 e. The highest BCUT2D eigenvalue weighted by atomic mass is 16.5. The molecule has 1 rings (SSSR count). The maximum atomic E-state index is 8.95. The van der Waals surface area contributed by atoms with Crippen molar-refractivity contribution in [2.45, 2.75) is 26.8 Å². The zero-order valence-corrected chi connectivity index (χ0v) is 11.7. The number of nitriles is 1. The SMILES string of the molecule is CC(C)C(C)N(C)CCOc1ccccc1C#N. The van der Waals surface area contributed by atoms with Gasteiger partial charge in [0.25, 0.3) is 0 Å². The summed E-state index contributed by atoms with van der Waals surface area (Å²) in [5, 5.41) is 8.95. The van der Waals surface area contributed by atoms with Crippen LogP contribution >= 0.6 is 0 Å². The van der Waals surface area contributed by atoms with Gasteiger partial charge in [0.15, 0.2) is 0 Å². The molecule has 0 bridgehead atoms. The summed E-state index contributed by atoms with van der Waals surface area (Å²) in [6, 6.07) is 10.0. The fourth-order valence-electron chi connectivity index (χ4n) is 1.70. The summed E-state index contributed by atoms with van der Waals surface area (Å²) in [5.41, 5.74) is 0.595. The monoisotopic (exact) mass is 246 g/mol. The highest BCUT2D eigenvalue weighted by molar-refractivity contribution is 5.42. The molecule has 18 heavy (non-hydrogen) atoms. The highest BCUT2D eigenvalue weighted by Gasteiger charge is 2.12. The van der Waals surface area contributed by atoms with E-state index in [1.807, 2.05) is 18.2 Å². The van der Waals surface area contributed by atoms with E-state index in [0.717, 1.165) is 6.54 Å². The normalized spacial score (nSPS) is 12.5. The van der Waals surface area contributed by atoms with Crippen LogP contribution in [0, 0.1) is 17.2 Å². The maximum absolute atomic E-state index is 8.95. The third kappa shape index (κ3) is 4.05. The molecule has 3 heteroatoms. The molecule has 1 unspecified atom stereocenters. The van der Waals surface area contributed by atoms with Crippen molar-refractivity contribution < 1.29 is 4.74 Å². The van der Waals surface area contributed by atoms with Crippen LogP contribution in [0.25, 0.3) is 0 Å². The molecule has 0 amide bonds. The predicted molar refractivity (Wildman–Crippen MR) is 73.6 cm³/mol. The zero-order valence-electron chi connectivity index (χ0n) is 11.7. The third-order valence-electron chi connectivity index (χ3n) is 3.37. The van der Waals surface area contributed by atoms with Crippen molar-refractivity contribution in [3.8, 4) is 11.8 Å². The van der Waals surface area contributed by atoms with Gasteiger partial charge in [-0.05, 0) is 32.0 Å². The summed E-state index contributed by atoms with van der Waals surface area (Å²) in [4.78, 5) is 2.28. The van der Waals surface area contributed by atoms with Crippen molar-refractivity contribution in [2.24, 2.45) is 5.92 Å². The molecule has 98 valence electrons. The molecule has 0 spiro atoms. The first kappa shape index (κ1) is 14.5. The Morgan fingerprint density at radius 3 is 2.56 bits per heavy atom. The third-order valence-corrected chi connectivity index (χ3v) is 3.37. The predicted octanol–water partition coefficient (Wildman–Crippen LogP) is 2.91. The summed E-state index contributed by atoms with van der Waals surface area (Å²) in [5.74, 6) is 1.30. The quantitative estimate of drug-likeness (QED) is 0.774. The standard InChI is InChI=1S/C15H22N2O/c1-12(2)13(3)17(4)9-10-18-15-8-6-5-7-14(15)11-16/h5-8,12-13H,9-10H2,1-4H3.